The number of esters is 1. The van der Waals surface area contributed by atoms with Crippen LogP contribution in [0, 0.1) is 5.92 Å². The van der Waals surface area contributed by atoms with Crippen LogP contribution in [0.3, 0.4) is 0 Å². The molecule has 0 radical (unpaired) electrons. The molecule has 0 spiro atoms. The van der Waals surface area contributed by atoms with Crippen molar-refractivity contribution in [1.29, 1.82) is 0 Å². The maximum Gasteiger partial charge on any atom is 0.343 e. The number of rotatable bonds is 7. The van der Waals surface area contributed by atoms with Crippen LogP contribution in [0.15, 0.2) is 54.6 Å². The number of carbonyl (C=O) groups excluding carboxylic acids is 1. The van der Waals surface area contributed by atoms with Crippen LogP contribution >= 0.6 is 0 Å². The van der Waals surface area contributed by atoms with Gasteiger partial charge < -0.3 is 4.74 Å². The summed E-state index contributed by atoms with van der Waals surface area (Å²) in [5.74, 6) is 1.36. The fourth-order valence-corrected chi connectivity index (χ4v) is 4.03. The molecule has 3 heteroatoms. The summed E-state index contributed by atoms with van der Waals surface area (Å²) in [6.45, 7) is 4.29. The van der Waals surface area contributed by atoms with E-state index in [-0.39, 0.29) is 5.83 Å². The predicted molar refractivity (Wildman–Crippen MR) is 117 cm³/mol. The molecule has 0 unspecified atom stereocenters. The second-order valence-corrected chi connectivity index (χ2v) is 8.00. The van der Waals surface area contributed by atoms with E-state index in [1.54, 1.807) is 30.3 Å². The van der Waals surface area contributed by atoms with Crippen LogP contribution in [0.4, 0.5) is 4.39 Å². The van der Waals surface area contributed by atoms with Gasteiger partial charge in [0.1, 0.15) is 11.6 Å². The lowest BCUT2D eigenvalue weighted by Gasteiger charge is -2.28. The van der Waals surface area contributed by atoms with Gasteiger partial charge in [-0.15, -0.1) is 0 Å². The van der Waals surface area contributed by atoms with Gasteiger partial charge >= 0.3 is 5.97 Å². The second kappa shape index (κ2) is 10.4. The van der Waals surface area contributed by atoms with Crippen molar-refractivity contribution in [1.82, 2.24) is 0 Å². The van der Waals surface area contributed by atoms with Gasteiger partial charge in [0.2, 0.25) is 0 Å². The molecule has 0 atom stereocenters. The molecule has 0 aromatic heterocycles. The molecule has 1 aliphatic carbocycles. The average molecular weight is 395 g/mol. The van der Waals surface area contributed by atoms with E-state index in [4.69, 9.17) is 4.74 Å². The van der Waals surface area contributed by atoms with Crippen molar-refractivity contribution in [2.75, 3.05) is 0 Å². The van der Waals surface area contributed by atoms with Crippen LogP contribution in [0.1, 0.15) is 86.2 Å². The van der Waals surface area contributed by atoms with Crippen LogP contribution in [-0.4, -0.2) is 5.97 Å². The van der Waals surface area contributed by atoms with Crippen molar-refractivity contribution in [2.24, 2.45) is 5.92 Å². The zero-order chi connectivity index (χ0) is 20.6. The number of benzene rings is 2. The van der Waals surface area contributed by atoms with Crippen molar-refractivity contribution in [3.63, 3.8) is 0 Å². The molecule has 1 fully saturated rings. The Morgan fingerprint density at radius 3 is 2.17 bits per heavy atom. The molecule has 1 saturated carbocycles. The van der Waals surface area contributed by atoms with Gasteiger partial charge in [-0.25, -0.2) is 9.18 Å². The van der Waals surface area contributed by atoms with E-state index in [9.17, 15) is 9.18 Å². The monoisotopic (exact) mass is 394 g/mol. The van der Waals surface area contributed by atoms with Gasteiger partial charge in [-0.1, -0.05) is 51.0 Å². The first kappa shape index (κ1) is 21.3. The van der Waals surface area contributed by atoms with Crippen LogP contribution in [0.2, 0.25) is 0 Å². The molecule has 2 nitrogen and oxygen atoms in total. The highest BCUT2D eigenvalue weighted by atomic mass is 19.1. The molecular weight excluding hydrogens is 363 g/mol. The molecule has 29 heavy (non-hydrogen) atoms. The SMILES string of the molecule is CCC/C=C(/F)c1ccc(C(=O)Oc2ccc(C3CCC(CC)CC3)cc2)cc1. The third-order valence-electron chi connectivity index (χ3n) is 5.99. The van der Waals surface area contributed by atoms with E-state index in [1.807, 2.05) is 19.1 Å². The van der Waals surface area contributed by atoms with Gasteiger partial charge in [-0.05, 0) is 79.8 Å². The zero-order valence-corrected chi connectivity index (χ0v) is 17.5. The molecule has 0 aliphatic heterocycles. The first-order valence-corrected chi connectivity index (χ1v) is 10.9. The van der Waals surface area contributed by atoms with Crippen molar-refractivity contribution in [3.05, 3.63) is 71.3 Å². The molecule has 0 heterocycles. The van der Waals surface area contributed by atoms with Gasteiger partial charge in [0.15, 0.2) is 0 Å². The topological polar surface area (TPSA) is 26.3 Å². The van der Waals surface area contributed by atoms with Crippen LogP contribution in [0.25, 0.3) is 5.83 Å². The number of hydrogen-bond donors (Lipinski definition) is 0. The summed E-state index contributed by atoms with van der Waals surface area (Å²) in [6, 6.07) is 14.4. The molecule has 0 amide bonds. The number of unbranched alkanes of at least 4 members (excludes halogenated alkanes) is 1. The Bertz CT molecular complexity index is 813. The number of hydrogen-bond acceptors (Lipinski definition) is 2. The first-order valence-electron chi connectivity index (χ1n) is 10.9. The second-order valence-electron chi connectivity index (χ2n) is 8.00. The summed E-state index contributed by atoms with van der Waals surface area (Å²) in [5, 5.41) is 0. The van der Waals surface area contributed by atoms with Crippen molar-refractivity contribution < 1.29 is 13.9 Å². The summed E-state index contributed by atoms with van der Waals surface area (Å²) in [7, 11) is 0. The van der Waals surface area contributed by atoms with E-state index < -0.39 is 5.97 Å². The third-order valence-corrected chi connectivity index (χ3v) is 5.99. The molecular formula is C26H31FO2. The van der Waals surface area contributed by atoms with Gasteiger partial charge in [0, 0.05) is 5.56 Å². The molecule has 2 aromatic rings. The Morgan fingerprint density at radius 1 is 0.966 bits per heavy atom. The Morgan fingerprint density at radius 2 is 1.59 bits per heavy atom. The minimum atomic E-state index is -0.425. The summed E-state index contributed by atoms with van der Waals surface area (Å²) in [5.41, 5.74) is 2.23. The van der Waals surface area contributed by atoms with Crippen molar-refractivity contribution in [2.45, 2.75) is 64.7 Å². The average Bonchev–Trinajstić information content (AvgIpc) is 2.78. The highest BCUT2D eigenvalue weighted by molar-refractivity contribution is 5.91. The first-order chi connectivity index (χ1) is 14.1. The summed E-state index contributed by atoms with van der Waals surface area (Å²) >= 11 is 0. The lowest BCUT2D eigenvalue weighted by Crippen LogP contribution is -2.12. The van der Waals surface area contributed by atoms with Crippen molar-refractivity contribution >= 4 is 11.8 Å². The zero-order valence-electron chi connectivity index (χ0n) is 17.5. The molecule has 3 rings (SSSR count). The molecule has 154 valence electrons. The summed E-state index contributed by atoms with van der Waals surface area (Å²) < 4.78 is 19.5. The fourth-order valence-electron chi connectivity index (χ4n) is 4.03. The van der Waals surface area contributed by atoms with Crippen LogP contribution in [-0.2, 0) is 0 Å². The Kier molecular flexibility index (Phi) is 7.62. The molecule has 2 aromatic carbocycles. The highest BCUT2D eigenvalue weighted by Crippen LogP contribution is 2.37. The smallest absolute Gasteiger partial charge is 0.343 e. The third kappa shape index (κ3) is 5.79. The Labute approximate surface area is 173 Å². The lowest BCUT2D eigenvalue weighted by molar-refractivity contribution is 0.0734. The summed E-state index contributed by atoms with van der Waals surface area (Å²) in [4.78, 5) is 12.4. The molecule has 0 saturated heterocycles. The molecule has 1 aliphatic rings. The van der Waals surface area contributed by atoms with Crippen LogP contribution in [0.5, 0.6) is 5.75 Å². The largest absolute Gasteiger partial charge is 0.423 e. The Hall–Kier alpha value is -2.42. The highest BCUT2D eigenvalue weighted by Gasteiger charge is 2.21. The van der Waals surface area contributed by atoms with Crippen LogP contribution < -0.4 is 4.74 Å². The number of allylic oxidation sites excluding steroid dienone is 1. The van der Waals surface area contributed by atoms with Gasteiger partial charge in [0.05, 0.1) is 5.56 Å². The van der Waals surface area contributed by atoms with Gasteiger partial charge in [0.25, 0.3) is 0 Å². The predicted octanol–water partition coefficient (Wildman–Crippen LogP) is 7.70. The lowest BCUT2D eigenvalue weighted by atomic mass is 9.78. The van der Waals surface area contributed by atoms with E-state index in [0.717, 1.165) is 12.3 Å². The fraction of sp³-hybridized carbons (Fsp3) is 0.423. The van der Waals surface area contributed by atoms with E-state index in [0.29, 0.717) is 29.2 Å². The summed E-state index contributed by atoms with van der Waals surface area (Å²) in [6.07, 6.45) is 9.56. The number of halogens is 1. The quantitative estimate of drug-likeness (QED) is 0.355. The number of carbonyl (C=O) groups is 1. The maximum atomic E-state index is 14.0. The minimum Gasteiger partial charge on any atom is -0.423 e. The standard InChI is InChI=1S/C26H31FO2/c1-3-5-6-25(27)22-11-13-23(14-12-22)26(28)29-24-17-15-21(16-18-24)20-9-7-19(4-2)8-10-20/h6,11-20H,3-5,7-10H2,1-2H3/b25-6+. The number of ether oxygens (including phenoxy) is 1. The van der Waals surface area contributed by atoms with E-state index in [1.165, 1.54) is 37.7 Å². The van der Waals surface area contributed by atoms with E-state index >= 15 is 0 Å². The van der Waals surface area contributed by atoms with Gasteiger partial charge in [-0.3, -0.25) is 0 Å². The Balaban J connectivity index is 1.58. The van der Waals surface area contributed by atoms with E-state index in [2.05, 4.69) is 19.1 Å². The molecule has 0 N–H and O–H groups in total. The normalized spacial score (nSPS) is 19.8. The maximum absolute atomic E-state index is 14.0. The molecule has 0 bridgehead atoms. The minimum absolute atomic E-state index is 0.254. The van der Waals surface area contributed by atoms with Crippen molar-refractivity contribution in [3.8, 4) is 5.75 Å². The van der Waals surface area contributed by atoms with Gasteiger partial charge in [-0.2, -0.15) is 0 Å².